The van der Waals surface area contributed by atoms with Crippen molar-refractivity contribution in [2.45, 2.75) is 13.5 Å². The normalized spacial score (nSPS) is 10.1. The molecule has 6 N–H and O–H groups in total. The molecule has 0 atom stereocenters. The van der Waals surface area contributed by atoms with Crippen LogP contribution >= 0.6 is 0 Å². The van der Waals surface area contributed by atoms with E-state index >= 15 is 0 Å². The highest BCUT2D eigenvalue weighted by Gasteiger charge is 2.16. The molecule has 3 aromatic rings. The number of nitrogens with zero attached hydrogens (tertiary/aromatic N) is 4. The number of hydrogen-bond acceptors (Lipinski definition) is 7. The van der Waals surface area contributed by atoms with E-state index in [2.05, 4.69) is 27.0 Å². The lowest BCUT2D eigenvalue weighted by Gasteiger charge is -2.19. The van der Waals surface area contributed by atoms with E-state index in [0.717, 1.165) is 5.56 Å². The van der Waals surface area contributed by atoms with Crippen LogP contribution in [-0.4, -0.2) is 21.2 Å². The first-order valence-corrected chi connectivity index (χ1v) is 7.90. The number of benzene rings is 1. The third kappa shape index (κ3) is 3.96. The van der Waals surface area contributed by atoms with E-state index in [4.69, 9.17) is 21.7 Å². The lowest BCUT2D eigenvalue weighted by molar-refractivity contribution is 0.253. The van der Waals surface area contributed by atoms with E-state index in [0.29, 0.717) is 22.5 Å². The quantitative estimate of drug-likeness (QED) is 0.595. The largest absolute Gasteiger partial charge is 0.382 e. The molecule has 2 amide bonds. The number of amides is 2. The number of aromatic nitrogens is 3. The predicted octanol–water partition coefficient (Wildman–Crippen LogP) is 1.42. The van der Waals surface area contributed by atoms with Crippen LogP contribution in [-0.2, 0) is 6.54 Å². The summed E-state index contributed by atoms with van der Waals surface area (Å²) in [5, 5.41) is 3.89. The Morgan fingerprint density at radius 3 is 2.59 bits per heavy atom. The zero-order valence-electron chi connectivity index (χ0n) is 14.5. The topological polar surface area (TPSA) is 150 Å². The molecule has 0 aliphatic carbocycles. The van der Waals surface area contributed by atoms with E-state index < -0.39 is 6.03 Å². The summed E-state index contributed by atoms with van der Waals surface area (Å²) in [5.74, 6) is 6.21. The van der Waals surface area contributed by atoms with Gasteiger partial charge in [-0.3, -0.25) is 4.90 Å². The summed E-state index contributed by atoms with van der Waals surface area (Å²) < 4.78 is 4.91. The molecule has 136 valence electrons. The van der Waals surface area contributed by atoms with Gasteiger partial charge in [0.1, 0.15) is 35.5 Å². The number of hydrogen-bond donors (Lipinski definition) is 3. The van der Waals surface area contributed by atoms with E-state index in [1.165, 1.54) is 17.5 Å². The molecule has 2 aromatic heterocycles. The molecule has 9 heteroatoms. The number of primary amides is 1. The van der Waals surface area contributed by atoms with Crippen LogP contribution in [0.2, 0.25) is 0 Å². The van der Waals surface area contributed by atoms with Crippen LogP contribution in [0.3, 0.4) is 0 Å². The van der Waals surface area contributed by atoms with Gasteiger partial charge in [0.05, 0.1) is 6.54 Å². The van der Waals surface area contributed by atoms with E-state index in [1.54, 1.807) is 24.3 Å². The second kappa shape index (κ2) is 7.45. The molecular weight excluding hydrogens is 346 g/mol. The first kappa shape index (κ1) is 17.8. The van der Waals surface area contributed by atoms with Crippen LogP contribution in [0.5, 0.6) is 0 Å². The number of urea groups is 1. The number of nitrogen functional groups attached to an aromatic ring is 2. The van der Waals surface area contributed by atoms with Crippen molar-refractivity contribution in [1.29, 1.82) is 0 Å². The molecule has 3 rings (SSSR count). The monoisotopic (exact) mass is 363 g/mol. The molecular formula is C18H17N7O2. The van der Waals surface area contributed by atoms with Crippen LogP contribution in [0.4, 0.5) is 22.1 Å². The van der Waals surface area contributed by atoms with Crippen LogP contribution in [0.1, 0.15) is 22.4 Å². The van der Waals surface area contributed by atoms with Crippen LogP contribution in [0, 0.1) is 18.8 Å². The minimum absolute atomic E-state index is 0.182. The van der Waals surface area contributed by atoms with Crippen LogP contribution < -0.4 is 22.1 Å². The summed E-state index contributed by atoms with van der Waals surface area (Å²) in [5.41, 5.74) is 20.1. The highest BCUT2D eigenvalue weighted by molar-refractivity contribution is 5.90. The molecule has 2 heterocycles. The molecule has 9 nitrogen and oxygen atoms in total. The van der Waals surface area contributed by atoms with Gasteiger partial charge in [-0.05, 0) is 25.1 Å². The SMILES string of the molecule is Cc1conc1CN(C(N)=O)c1cccc(C#Cc2c(N)ncnc2N)c1. The predicted molar refractivity (Wildman–Crippen MR) is 100 cm³/mol. The maximum atomic E-state index is 11.9. The Labute approximate surface area is 155 Å². The minimum Gasteiger partial charge on any atom is -0.382 e. The molecule has 0 aliphatic rings. The Kier molecular flexibility index (Phi) is 4.90. The highest BCUT2D eigenvalue weighted by Crippen LogP contribution is 2.20. The van der Waals surface area contributed by atoms with E-state index in [-0.39, 0.29) is 18.2 Å². The standard InChI is InChI=1S/C18H17N7O2/c1-11-9-27-24-15(11)8-25(18(21)26)13-4-2-3-12(7-13)5-6-14-16(19)22-10-23-17(14)20/h2-4,7,9-10H,8H2,1H3,(H2,21,26)(H4,19,20,22,23). The van der Waals surface area contributed by atoms with Crippen molar-refractivity contribution in [2.75, 3.05) is 16.4 Å². The Morgan fingerprint density at radius 2 is 1.96 bits per heavy atom. The third-order valence-electron chi connectivity index (χ3n) is 3.82. The van der Waals surface area contributed by atoms with Crippen molar-refractivity contribution in [2.24, 2.45) is 5.73 Å². The molecule has 0 fully saturated rings. The summed E-state index contributed by atoms with van der Waals surface area (Å²) in [6.07, 6.45) is 2.78. The highest BCUT2D eigenvalue weighted by atomic mass is 16.5. The Morgan fingerprint density at radius 1 is 1.22 bits per heavy atom. The summed E-state index contributed by atoms with van der Waals surface area (Å²) in [7, 11) is 0. The summed E-state index contributed by atoms with van der Waals surface area (Å²) in [6.45, 7) is 2.02. The maximum Gasteiger partial charge on any atom is 0.319 e. The van der Waals surface area contributed by atoms with Crippen molar-refractivity contribution in [1.82, 2.24) is 15.1 Å². The van der Waals surface area contributed by atoms with Gasteiger partial charge in [0.25, 0.3) is 0 Å². The van der Waals surface area contributed by atoms with Gasteiger partial charge in [-0.1, -0.05) is 23.1 Å². The summed E-state index contributed by atoms with van der Waals surface area (Å²) in [6, 6.07) is 6.41. The summed E-state index contributed by atoms with van der Waals surface area (Å²) in [4.78, 5) is 21.0. The van der Waals surface area contributed by atoms with Crippen molar-refractivity contribution in [3.8, 4) is 11.8 Å². The van der Waals surface area contributed by atoms with E-state index in [1.807, 2.05) is 6.92 Å². The van der Waals surface area contributed by atoms with Crippen molar-refractivity contribution < 1.29 is 9.32 Å². The average Bonchev–Trinajstić information content (AvgIpc) is 3.04. The van der Waals surface area contributed by atoms with Crippen molar-refractivity contribution in [3.63, 3.8) is 0 Å². The molecule has 0 radical (unpaired) electrons. The second-order valence-corrected chi connectivity index (χ2v) is 5.69. The van der Waals surface area contributed by atoms with Gasteiger partial charge in [0.2, 0.25) is 0 Å². The number of carbonyl (C=O) groups excluding carboxylic acids is 1. The van der Waals surface area contributed by atoms with Crippen molar-refractivity contribution in [3.05, 3.63) is 59.2 Å². The lowest BCUT2D eigenvalue weighted by atomic mass is 10.1. The fraction of sp³-hybridized carbons (Fsp3) is 0.111. The molecule has 0 saturated carbocycles. The number of anilines is 3. The fourth-order valence-electron chi connectivity index (χ4n) is 2.34. The first-order chi connectivity index (χ1) is 13.0. The average molecular weight is 363 g/mol. The molecule has 0 spiro atoms. The zero-order valence-corrected chi connectivity index (χ0v) is 14.5. The smallest absolute Gasteiger partial charge is 0.319 e. The number of carbonyl (C=O) groups is 1. The first-order valence-electron chi connectivity index (χ1n) is 7.90. The summed E-state index contributed by atoms with van der Waals surface area (Å²) >= 11 is 0. The molecule has 27 heavy (non-hydrogen) atoms. The fourth-order valence-corrected chi connectivity index (χ4v) is 2.34. The number of nitrogens with two attached hydrogens (primary N) is 3. The number of rotatable bonds is 3. The van der Waals surface area contributed by atoms with Gasteiger partial charge in [0, 0.05) is 16.8 Å². The second-order valence-electron chi connectivity index (χ2n) is 5.69. The van der Waals surface area contributed by atoms with Gasteiger partial charge in [-0.25, -0.2) is 14.8 Å². The van der Waals surface area contributed by atoms with Crippen molar-refractivity contribution >= 4 is 23.4 Å². The Hall–Kier alpha value is -4.06. The number of aryl methyl sites for hydroxylation is 1. The van der Waals surface area contributed by atoms with Gasteiger partial charge >= 0.3 is 6.03 Å². The third-order valence-corrected chi connectivity index (χ3v) is 3.82. The maximum absolute atomic E-state index is 11.9. The molecule has 0 aliphatic heterocycles. The van der Waals surface area contributed by atoms with Gasteiger partial charge < -0.3 is 21.7 Å². The Bertz CT molecular complexity index is 1030. The molecule has 1 aromatic carbocycles. The Balaban J connectivity index is 1.91. The zero-order chi connectivity index (χ0) is 19.4. The van der Waals surface area contributed by atoms with Crippen LogP contribution in [0.15, 0.2) is 41.4 Å². The molecule has 0 bridgehead atoms. The van der Waals surface area contributed by atoms with Crippen LogP contribution in [0.25, 0.3) is 0 Å². The lowest BCUT2D eigenvalue weighted by Crippen LogP contribution is -2.35. The molecule has 0 unspecified atom stereocenters. The van der Waals surface area contributed by atoms with Gasteiger partial charge in [0.15, 0.2) is 0 Å². The van der Waals surface area contributed by atoms with E-state index in [9.17, 15) is 4.79 Å². The molecule has 0 saturated heterocycles. The van der Waals surface area contributed by atoms with Gasteiger partial charge in [-0.15, -0.1) is 0 Å². The van der Waals surface area contributed by atoms with Gasteiger partial charge in [-0.2, -0.15) is 0 Å². The minimum atomic E-state index is -0.618.